The summed E-state index contributed by atoms with van der Waals surface area (Å²) in [5, 5.41) is 9.11. The van der Waals surface area contributed by atoms with Crippen LogP contribution in [0.2, 0.25) is 0 Å². The van der Waals surface area contributed by atoms with Crippen molar-refractivity contribution < 1.29 is 9.90 Å². The molecule has 0 aromatic heterocycles. The van der Waals surface area contributed by atoms with Crippen molar-refractivity contribution in [2.24, 2.45) is 5.92 Å². The quantitative estimate of drug-likeness (QED) is 0.923. The van der Waals surface area contributed by atoms with Gasteiger partial charge in [-0.05, 0) is 37.0 Å². The van der Waals surface area contributed by atoms with E-state index in [0.29, 0.717) is 17.5 Å². The fourth-order valence-electron chi connectivity index (χ4n) is 2.67. The first-order valence-corrected chi connectivity index (χ1v) is 7.09. The second kappa shape index (κ2) is 5.31. The number of hydrogen-bond donors (Lipinski definition) is 1. The Hall–Kier alpha value is -1.03. The van der Waals surface area contributed by atoms with E-state index >= 15 is 0 Å². The Balaban J connectivity index is 2.35. The molecule has 1 saturated heterocycles. The molecule has 1 aromatic rings. The summed E-state index contributed by atoms with van der Waals surface area (Å²) in [4.78, 5) is 13.4. The Kier molecular flexibility index (Phi) is 3.95. The molecule has 1 N–H and O–H groups in total. The van der Waals surface area contributed by atoms with Crippen molar-refractivity contribution in [1.29, 1.82) is 0 Å². The van der Waals surface area contributed by atoms with Gasteiger partial charge in [0, 0.05) is 22.7 Å². The van der Waals surface area contributed by atoms with Crippen LogP contribution in [-0.2, 0) is 0 Å². The van der Waals surface area contributed by atoms with Crippen LogP contribution in [0.15, 0.2) is 22.7 Å². The summed E-state index contributed by atoms with van der Waals surface area (Å²) in [7, 11) is 0. The van der Waals surface area contributed by atoms with Crippen LogP contribution in [-0.4, -0.2) is 23.7 Å². The standard InChI is InChI=1S/C14H18BrNO2/c1-9(2)13-4-3-5-16(13)12-7-10(14(17)18)6-11(15)8-12/h6-9,13H,3-5H2,1-2H3,(H,17,18). The molecule has 0 saturated carbocycles. The van der Waals surface area contributed by atoms with Gasteiger partial charge in [-0.3, -0.25) is 0 Å². The van der Waals surface area contributed by atoms with E-state index in [1.54, 1.807) is 12.1 Å². The lowest BCUT2D eigenvalue weighted by atomic mass is 10.0. The van der Waals surface area contributed by atoms with E-state index in [0.717, 1.165) is 16.7 Å². The van der Waals surface area contributed by atoms with Gasteiger partial charge in [-0.25, -0.2) is 4.79 Å². The van der Waals surface area contributed by atoms with E-state index in [2.05, 4.69) is 34.7 Å². The molecule has 0 aliphatic carbocycles. The summed E-state index contributed by atoms with van der Waals surface area (Å²) in [5.41, 5.74) is 1.35. The number of nitrogens with zero attached hydrogens (tertiary/aromatic N) is 1. The van der Waals surface area contributed by atoms with Crippen LogP contribution in [0.1, 0.15) is 37.0 Å². The zero-order chi connectivity index (χ0) is 13.3. The van der Waals surface area contributed by atoms with Gasteiger partial charge in [-0.1, -0.05) is 29.8 Å². The van der Waals surface area contributed by atoms with Crippen molar-refractivity contribution in [2.45, 2.75) is 32.7 Å². The molecule has 18 heavy (non-hydrogen) atoms. The Labute approximate surface area is 116 Å². The lowest BCUT2D eigenvalue weighted by Gasteiger charge is -2.30. The molecule has 0 bridgehead atoms. The van der Waals surface area contributed by atoms with Crippen molar-refractivity contribution in [3.05, 3.63) is 28.2 Å². The normalized spacial score (nSPS) is 19.6. The summed E-state index contributed by atoms with van der Waals surface area (Å²) in [6.45, 7) is 5.45. The Morgan fingerprint density at radius 1 is 1.44 bits per heavy atom. The molecule has 1 aromatic carbocycles. The first kappa shape index (κ1) is 13.4. The van der Waals surface area contributed by atoms with Crippen molar-refractivity contribution in [3.63, 3.8) is 0 Å². The molecule has 1 heterocycles. The van der Waals surface area contributed by atoms with Gasteiger partial charge in [0.2, 0.25) is 0 Å². The second-order valence-electron chi connectivity index (χ2n) is 5.15. The first-order valence-electron chi connectivity index (χ1n) is 6.29. The van der Waals surface area contributed by atoms with Crippen molar-refractivity contribution in [2.75, 3.05) is 11.4 Å². The Morgan fingerprint density at radius 3 is 2.78 bits per heavy atom. The third-order valence-corrected chi connectivity index (χ3v) is 3.99. The maximum absolute atomic E-state index is 11.1. The summed E-state index contributed by atoms with van der Waals surface area (Å²) in [6, 6.07) is 5.94. The zero-order valence-electron chi connectivity index (χ0n) is 10.7. The van der Waals surface area contributed by atoms with Gasteiger partial charge in [0.05, 0.1) is 5.56 Å². The highest BCUT2D eigenvalue weighted by atomic mass is 79.9. The van der Waals surface area contributed by atoms with Crippen molar-refractivity contribution in [1.82, 2.24) is 0 Å². The molecular weight excluding hydrogens is 294 g/mol. The molecule has 1 aliphatic rings. The van der Waals surface area contributed by atoms with Gasteiger partial charge in [0.1, 0.15) is 0 Å². The topological polar surface area (TPSA) is 40.5 Å². The number of aromatic carboxylic acids is 1. The van der Waals surface area contributed by atoms with Gasteiger partial charge in [0.15, 0.2) is 0 Å². The maximum atomic E-state index is 11.1. The highest BCUT2D eigenvalue weighted by molar-refractivity contribution is 9.10. The summed E-state index contributed by atoms with van der Waals surface area (Å²) < 4.78 is 0.826. The molecule has 2 rings (SSSR count). The molecule has 4 heteroatoms. The number of carbonyl (C=O) groups is 1. The molecule has 1 aliphatic heterocycles. The third-order valence-electron chi connectivity index (χ3n) is 3.53. The smallest absolute Gasteiger partial charge is 0.335 e. The molecule has 3 nitrogen and oxygen atoms in total. The highest BCUT2D eigenvalue weighted by Gasteiger charge is 2.27. The maximum Gasteiger partial charge on any atom is 0.335 e. The van der Waals surface area contributed by atoms with Gasteiger partial charge in [0.25, 0.3) is 0 Å². The number of hydrogen-bond acceptors (Lipinski definition) is 2. The average Bonchev–Trinajstić information content (AvgIpc) is 2.76. The number of rotatable bonds is 3. The Bertz CT molecular complexity index is 459. The predicted octanol–water partition coefficient (Wildman–Crippen LogP) is 3.77. The molecule has 1 atom stereocenters. The number of carboxylic acids is 1. The Morgan fingerprint density at radius 2 is 2.17 bits per heavy atom. The van der Waals surface area contributed by atoms with Crippen LogP contribution >= 0.6 is 15.9 Å². The number of anilines is 1. The monoisotopic (exact) mass is 311 g/mol. The van der Waals surface area contributed by atoms with E-state index in [1.807, 2.05) is 6.07 Å². The summed E-state index contributed by atoms with van der Waals surface area (Å²) in [6.07, 6.45) is 2.37. The van der Waals surface area contributed by atoms with Crippen LogP contribution < -0.4 is 4.90 Å². The zero-order valence-corrected chi connectivity index (χ0v) is 12.3. The fraction of sp³-hybridized carbons (Fsp3) is 0.500. The number of halogens is 1. The fourth-order valence-corrected chi connectivity index (χ4v) is 3.15. The van der Waals surface area contributed by atoms with Crippen LogP contribution in [0.5, 0.6) is 0 Å². The van der Waals surface area contributed by atoms with Crippen molar-refractivity contribution in [3.8, 4) is 0 Å². The lowest BCUT2D eigenvalue weighted by Crippen LogP contribution is -2.33. The number of benzene rings is 1. The molecular formula is C14H18BrNO2. The average molecular weight is 312 g/mol. The molecule has 0 radical (unpaired) electrons. The number of carboxylic acid groups (broad SMARTS) is 1. The first-order chi connectivity index (χ1) is 8.49. The highest BCUT2D eigenvalue weighted by Crippen LogP contribution is 2.32. The van der Waals surface area contributed by atoms with Crippen LogP contribution in [0.4, 0.5) is 5.69 Å². The minimum atomic E-state index is -0.877. The second-order valence-corrected chi connectivity index (χ2v) is 6.07. The van der Waals surface area contributed by atoms with Crippen molar-refractivity contribution >= 4 is 27.6 Å². The van der Waals surface area contributed by atoms with Gasteiger partial charge in [-0.2, -0.15) is 0 Å². The molecule has 0 amide bonds. The summed E-state index contributed by atoms with van der Waals surface area (Å²) >= 11 is 3.40. The van der Waals surface area contributed by atoms with Gasteiger partial charge in [-0.15, -0.1) is 0 Å². The lowest BCUT2D eigenvalue weighted by molar-refractivity contribution is 0.0697. The van der Waals surface area contributed by atoms with Gasteiger partial charge < -0.3 is 10.0 Å². The largest absolute Gasteiger partial charge is 0.478 e. The van der Waals surface area contributed by atoms with E-state index in [1.165, 1.54) is 12.8 Å². The minimum absolute atomic E-state index is 0.341. The van der Waals surface area contributed by atoms with E-state index < -0.39 is 5.97 Å². The van der Waals surface area contributed by atoms with Crippen LogP contribution in [0.25, 0.3) is 0 Å². The van der Waals surface area contributed by atoms with Crippen LogP contribution in [0.3, 0.4) is 0 Å². The van der Waals surface area contributed by atoms with E-state index in [9.17, 15) is 4.79 Å². The SMILES string of the molecule is CC(C)C1CCCN1c1cc(Br)cc(C(=O)O)c1. The predicted molar refractivity (Wildman–Crippen MR) is 76.3 cm³/mol. The summed E-state index contributed by atoms with van der Waals surface area (Å²) in [5.74, 6) is -0.294. The minimum Gasteiger partial charge on any atom is -0.478 e. The van der Waals surface area contributed by atoms with E-state index in [4.69, 9.17) is 5.11 Å². The van der Waals surface area contributed by atoms with Gasteiger partial charge >= 0.3 is 5.97 Å². The van der Waals surface area contributed by atoms with Crippen LogP contribution in [0, 0.1) is 5.92 Å². The molecule has 1 fully saturated rings. The molecule has 1 unspecified atom stereocenters. The third kappa shape index (κ3) is 2.69. The molecule has 98 valence electrons. The van der Waals surface area contributed by atoms with E-state index in [-0.39, 0.29) is 0 Å². The molecule has 0 spiro atoms.